The van der Waals surface area contributed by atoms with Gasteiger partial charge in [0.2, 0.25) is 0 Å². The van der Waals surface area contributed by atoms with Gasteiger partial charge in [-0.25, -0.2) is 9.59 Å². The summed E-state index contributed by atoms with van der Waals surface area (Å²) in [6, 6.07) is 10.8. The number of carbonyl (C=O) groups is 2. The third-order valence-corrected chi connectivity index (χ3v) is 4.28. The molecule has 0 spiro atoms. The van der Waals surface area contributed by atoms with Crippen LogP contribution in [0.5, 0.6) is 0 Å². The first-order valence-corrected chi connectivity index (χ1v) is 9.43. The van der Waals surface area contributed by atoms with Crippen LogP contribution < -0.4 is 0 Å². The molecule has 2 aromatic carbocycles. The minimum atomic E-state index is -4.55. The standard InChI is InChI=1S/C22H23F3O4/c1-2-3-4-9-14-28-20(26)17-11-6-7-12-18(17)21(27)29-15-16-10-5-8-13-19(16)22(23,24)25/h5-8,10-13H,2-4,9,14-15H2,1H3. The van der Waals surface area contributed by atoms with Crippen LogP contribution in [0.25, 0.3) is 0 Å². The van der Waals surface area contributed by atoms with Crippen LogP contribution in [0.3, 0.4) is 0 Å². The molecule has 0 saturated heterocycles. The van der Waals surface area contributed by atoms with Gasteiger partial charge in [0.05, 0.1) is 23.3 Å². The van der Waals surface area contributed by atoms with Gasteiger partial charge in [-0.15, -0.1) is 0 Å². The lowest BCUT2D eigenvalue weighted by molar-refractivity contribution is -0.138. The predicted molar refractivity (Wildman–Crippen MR) is 101 cm³/mol. The molecule has 7 heteroatoms. The van der Waals surface area contributed by atoms with Crippen molar-refractivity contribution >= 4 is 11.9 Å². The molecule has 2 aromatic rings. The molecular formula is C22H23F3O4. The fraction of sp³-hybridized carbons (Fsp3) is 0.364. The van der Waals surface area contributed by atoms with Gasteiger partial charge in [-0.05, 0) is 24.6 Å². The Labute approximate surface area is 167 Å². The van der Waals surface area contributed by atoms with Gasteiger partial charge in [0.25, 0.3) is 0 Å². The zero-order valence-electron chi connectivity index (χ0n) is 16.1. The number of benzene rings is 2. The molecule has 0 saturated carbocycles. The number of alkyl halides is 3. The summed E-state index contributed by atoms with van der Waals surface area (Å²) < 4.78 is 49.4. The minimum Gasteiger partial charge on any atom is -0.462 e. The first kappa shape index (κ1) is 22.5. The number of hydrogen-bond donors (Lipinski definition) is 0. The predicted octanol–water partition coefficient (Wildman–Crippen LogP) is 5.80. The van der Waals surface area contributed by atoms with E-state index in [2.05, 4.69) is 6.92 Å². The van der Waals surface area contributed by atoms with Crippen molar-refractivity contribution in [3.05, 3.63) is 70.8 Å². The molecular weight excluding hydrogens is 385 g/mol. The molecule has 0 aromatic heterocycles. The summed E-state index contributed by atoms with van der Waals surface area (Å²) in [6.45, 7) is 1.75. The topological polar surface area (TPSA) is 52.6 Å². The third-order valence-electron chi connectivity index (χ3n) is 4.28. The highest BCUT2D eigenvalue weighted by atomic mass is 19.4. The Morgan fingerprint density at radius 3 is 2.03 bits per heavy atom. The lowest BCUT2D eigenvalue weighted by atomic mass is 10.1. The molecule has 0 N–H and O–H groups in total. The number of carbonyl (C=O) groups excluding carboxylic acids is 2. The monoisotopic (exact) mass is 408 g/mol. The molecule has 0 heterocycles. The number of unbranched alkanes of at least 4 members (excludes halogenated alkanes) is 3. The van der Waals surface area contributed by atoms with Crippen LogP contribution in [-0.2, 0) is 22.3 Å². The third kappa shape index (κ3) is 6.62. The number of rotatable bonds is 9. The Balaban J connectivity index is 2.04. The molecule has 0 radical (unpaired) electrons. The van der Waals surface area contributed by atoms with Gasteiger partial charge in [0.1, 0.15) is 6.61 Å². The molecule has 0 aliphatic rings. The maximum absolute atomic E-state index is 13.1. The van der Waals surface area contributed by atoms with Crippen molar-refractivity contribution in [1.82, 2.24) is 0 Å². The Morgan fingerprint density at radius 2 is 1.41 bits per heavy atom. The number of halogens is 3. The summed E-state index contributed by atoms with van der Waals surface area (Å²) in [5.41, 5.74) is -1.05. The Hall–Kier alpha value is -2.83. The van der Waals surface area contributed by atoms with Crippen LogP contribution in [0.2, 0.25) is 0 Å². The zero-order valence-corrected chi connectivity index (χ0v) is 16.1. The molecule has 0 fully saturated rings. The second kappa shape index (κ2) is 10.6. The Kier molecular flexibility index (Phi) is 8.24. The highest BCUT2D eigenvalue weighted by Gasteiger charge is 2.33. The van der Waals surface area contributed by atoms with Gasteiger partial charge in [0, 0.05) is 5.56 Å². The smallest absolute Gasteiger partial charge is 0.416 e. The van der Waals surface area contributed by atoms with Crippen molar-refractivity contribution in [2.75, 3.05) is 6.61 Å². The fourth-order valence-corrected chi connectivity index (χ4v) is 2.75. The van der Waals surface area contributed by atoms with E-state index in [1.54, 1.807) is 6.07 Å². The lowest BCUT2D eigenvalue weighted by Crippen LogP contribution is -2.16. The van der Waals surface area contributed by atoms with Gasteiger partial charge in [-0.3, -0.25) is 0 Å². The van der Waals surface area contributed by atoms with Crippen LogP contribution in [-0.4, -0.2) is 18.5 Å². The van der Waals surface area contributed by atoms with E-state index in [1.165, 1.54) is 36.4 Å². The number of hydrogen-bond acceptors (Lipinski definition) is 4. The first-order valence-electron chi connectivity index (χ1n) is 9.43. The normalized spacial score (nSPS) is 11.2. The molecule has 29 heavy (non-hydrogen) atoms. The van der Waals surface area contributed by atoms with Gasteiger partial charge in [-0.2, -0.15) is 13.2 Å². The van der Waals surface area contributed by atoms with Crippen molar-refractivity contribution < 1.29 is 32.2 Å². The summed E-state index contributed by atoms with van der Waals surface area (Å²) in [6.07, 6.45) is -0.797. The van der Waals surface area contributed by atoms with Gasteiger partial charge in [-0.1, -0.05) is 56.5 Å². The van der Waals surface area contributed by atoms with Crippen LogP contribution in [0.4, 0.5) is 13.2 Å². The van der Waals surface area contributed by atoms with Crippen molar-refractivity contribution in [2.24, 2.45) is 0 Å². The molecule has 0 aliphatic carbocycles. The van der Waals surface area contributed by atoms with E-state index in [0.29, 0.717) is 0 Å². The second-order valence-corrected chi connectivity index (χ2v) is 6.47. The summed E-state index contributed by atoms with van der Waals surface area (Å²) >= 11 is 0. The maximum Gasteiger partial charge on any atom is 0.416 e. The maximum atomic E-state index is 13.1. The summed E-state index contributed by atoms with van der Waals surface area (Å²) in [7, 11) is 0. The van der Waals surface area contributed by atoms with Crippen molar-refractivity contribution in [2.45, 2.75) is 45.4 Å². The Bertz CT molecular complexity index is 831. The van der Waals surface area contributed by atoms with Crippen LogP contribution in [0.1, 0.15) is 64.4 Å². The zero-order chi connectivity index (χ0) is 21.3. The van der Waals surface area contributed by atoms with Crippen LogP contribution >= 0.6 is 0 Å². The second-order valence-electron chi connectivity index (χ2n) is 6.47. The van der Waals surface area contributed by atoms with Crippen molar-refractivity contribution in [1.29, 1.82) is 0 Å². The first-order chi connectivity index (χ1) is 13.8. The molecule has 2 rings (SSSR count). The summed E-state index contributed by atoms with van der Waals surface area (Å²) in [4.78, 5) is 24.7. The fourth-order valence-electron chi connectivity index (χ4n) is 2.75. The summed E-state index contributed by atoms with van der Waals surface area (Å²) in [5.74, 6) is -1.55. The van der Waals surface area contributed by atoms with E-state index in [4.69, 9.17) is 9.47 Å². The van der Waals surface area contributed by atoms with Crippen molar-refractivity contribution in [3.8, 4) is 0 Å². The molecule has 156 valence electrons. The molecule has 0 atom stereocenters. The van der Waals surface area contributed by atoms with E-state index in [-0.39, 0.29) is 23.3 Å². The highest BCUT2D eigenvalue weighted by Crippen LogP contribution is 2.32. The average Bonchev–Trinajstić information content (AvgIpc) is 2.71. The van der Waals surface area contributed by atoms with E-state index in [0.717, 1.165) is 31.7 Å². The van der Waals surface area contributed by atoms with Gasteiger partial charge < -0.3 is 9.47 Å². The largest absolute Gasteiger partial charge is 0.462 e. The number of ether oxygens (including phenoxy) is 2. The van der Waals surface area contributed by atoms with E-state index in [9.17, 15) is 22.8 Å². The molecule has 0 bridgehead atoms. The molecule has 0 unspecified atom stereocenters. The van der Waals surface area contributed by atoms with E-state index < -0.39 is 30.3 Å². The summed E-state index contributed by atoms with van der Waals surface area (Å²) in [5, 5.41) is 0. The SMILES string of the molecule is CCCCCCOC(=O)c1ccccc1C(=O)OCc1ccccc1C(F)(F)F. The van der Waals surface area contributed by atoms with Crippen LogP contribution in [0, 0.1) is 0 Å². The molecule has 4 nitrogen and oxygen atoms in total. The Morgan fingerprint density at radius 1 is 0.828 bits per heavy atom. The van der Waals surface area contributed by atoms with E-state index >= 15 is 0 Å². The minimum absolute atomic E-state index is 0.0251. The quantitative estimate of drug-likeness (QED) is 0.389. The average molecular weight is 408 g/mol. The molecule has 0 aliphatic heterocycles. The lowest BCUT2D eigenvalue weighted by Gasteiger charge is -2.13. The van der Waals surface area contributed by atoms with E-state index in [1.807, 2.05) is 0 Å². The van der Waals surface area contributed by atoms with Crippen molar-refractivity contribution in [3.63, 3.8) is 0 Å². The highest BCUT2D eigenvalue weighted by molar-refractivity contribution is 6.03. The number of esters is 2. The van der Waals surface area contributed by atoms with Gasteiger partial charge in [0.15, 0.2) is 0 Å². The van der Waals surface area contributed by atoms with Crippen LogP contribution in [0.15, 0.2) is 48.5 Å². The molecule has 0 amide bonds. The van der Waals surface area contributed by atoms with Gasteiger partial charge >= 0.3 is 18.1 Å².